The molecule has 1 amide bonds. The highest BCUT2D eigenvalue weighted by Gasteiger charge is 2.51. The van der Waals surface area contributed by atoms with Crippen molar-refractivity contribution >= 4 is 11.7 Å². The number of nitrogens with two attached hydrogens (primary N) is 1. The first-order valence-corrected chi connectivity index (χ1v) is 10.7. The van der Waals surface area contributed by atoms with Crippen LogP contribution in [0.25, 0.3) is 11.1 Å². The first kappa shape index (κ1) is 22.0. The molecule has 5 rings (SSSR count). The Labute approximate surface area is 194 Å². The van der Waals surface area contributed by atoms with Crippen LogP contribution in [0.3, 0.4) is 0 Å². The molecular formula is C26H22F3NO4. The quantitative estimate of drug-likeness (QED) is 0.532. The van der Waals surface area contributed by atoms with Gasteiger partial charge in [-0.3, -0.25) is 9.59 Å². The summed E-state index contributed by atoms with van der Waals surface area (Å²) in [6.07, 6.45) is -3.45. The van der Waals surface area contributed by atoms with Gasteiger partial charge in [-0.1, -0.05) is 24.3 Å². The van der Waals surface area contributed by atoms with Gasteiger partial charge in [-0.25, -0.2) is 0 Å². The Morgan fingerprint density at radius 3 is 2.26 bits per heavy atom. The summed E-state index contributed by atoms with van der Waals surface area (Å²) in [7, 11) is 0. The van der Waals surface area contributed by atoms with Gasteiger partial charge in [-0.2, -0.15) is 13.2 Å². The normalized spacial score (nSPS) is 15.7. The number of rotatable bonds is 6. The molecule has 5 nitrogen and oxygen atoms in total. The fourth-order valence-electron chi connectivity index (χ4n) is 4.35. The minimum atomic E-state index is -4.57. The predicted molar refractivity (Wildman–Crippen MR) is 120 cm³/mol. The molecule has 1 aliphatic carbocycles. The van der Waals surface area contributed by atoms with E-state index in [0.717, 1.165) is 17.7 Å². The Hall–Kier alpha value is -3.81. The molecule has 2 N–H and O–H groups in total. The third-order valence-corrected chi connectivity index (χ3v) is 6.40. The number of hydrogen-bond donors (Lipinski definition) is 1. The zero-order chi connectivity index (χ0) is 24.1. The highest BCUT2D eigenvalue weighted by molar-refractivity contribution is 5.95. The summed E-state index contributed by atoms with van der Waals surface area (Å²) in [5.74, 6) is 0.412. The first-order valence-electron chi connectivity index (χ1n) is 10.7. The van der Waals surface area contributed by atoms with Gasteiger partial charge in [0.2, 0.25) is 12.7 Å². The monoisotopic (exact) mass is 469 g/mol. The second-order valence-corrected chi connectivity index (χ2v) is 8.61. The van der Waals surface area contributed by atoms with Gasteiger partial charge < -0.3 is 15.2 Å². The lowest BCUT2D eigenvalue weighted by atomic mass is 9.86. The molecular weight excluding hydrogens is 447 g/mol. The van der Waals surface area contributed by atoms with Crippen molar-refractivity contribution in [2.24, 2.45) is 5.73 Å². The number of carbonyl (C=O) groups excluding carboxylic acids is 2. The fourth-order valence-corrected chi connectivity index (χ4v) is 4.35. The number of ketones is 1. The Balaban J connectivity index is 0.00000289. The SMILES string of the molecule is NC(=O)c1ccc(-c2cc(CC(=O)C3(c4ccc5c(c4)OCO5)CC3)cc(C(F)(F)F)c2)cc1.[HH]. The molecule has 1 heterocycles. The maximum atomic E-state index is 13.6. The average molecular weight is 469 g/mol. The van der Waals surface area contributed by atoms with Gasteiger partial charge in [-0.15, -0.1) is 0 Å². The number of hydrogen-bond acceptors (Lipinski definition) is 4. The van der Waals surface area contributed by atoms with Crippen LogP contribution in [0.2, 0.25) is 0 Å². The summed E-state index contributed by atoms with van der Waals surface area (Å²) < 4.78 is 51.7. The average Bonchev–Trinajstić information content (AvgIpc) is 3.49. The van der Waals surface area contributed by atoms with E-state index >= 15 is 0 Å². The molecule has 1 saturated carbocycles. The first-order chi connectivity index (χ1) is 16.2. The second-order valence-electron chi connectivity index (χ2n) is 8.61. The number of alkyl halides is 3. The number of benzene rings is 3. The van der Waals surface area contributed by atoms with Gasteiger partial charge in [0.05, 0.1) is 11.0 Å². The summed E-state index contributed by atoms with van der Waals surface area (Å²) in [5, 5.41) is 0. The van der Waals surface area contributed by atoms with Crippen molar-refractivity contribution in [3.63, 3.8) is 0 Å². The molecule has 3 aromatic carbocycles. The number of halogens is 3. The van der Waals surface area contributed by atoms with E-state index < -0.39 is 23.1 Å². The number of carbonyl (C=O) groups is 2. The molecule has 1 fully saturated rings. The molecule has 3 aromatic rings. The maximum Gasteiger partial charge on any atom is 0.416 e. The molecule has 1 aliphatic heterocycles. The van der Waals surface area contributed by atoms with Crippen LogP contribution in [0.5, 0.6) is 11.5 Å². The van der Waals surface area contributed by atoms with E-state index in [4.69, 9.17) is 15.2 Å². The summed E-state index contributed by atoms with van der Waals surface area (Å²) in [4.78, 5) is 24.6. The van der Waals surface area contributed by atoms with Crippen molar-refractivity contribution in [3.8, 4) is 22.6 Å². The van der Waals surface area contributed by atoms with E-state index in [1.54, 1.807) is 18.2 Å². The topological polar surface area (TPSA) is 78.6 Å². The minimum Gasteiger partial charge on any atom is -0.454 e. The van der Waals surface area contributed by atoms with E-state index in [0.29, 0.717) is 35.5 Å². The van der Waals surface area contributed by atoms with Crippen molar-refractivity contribution < 1.29 is 33.7 Å². The maximum absolute atomic E-state index is 13.6. The van der Waals surface area contributed by atoms with Crippen molar-refractivity contribution in [1.29, 1.82) is 0 Å². The molecule has 8 heteroatoms. The smallest absolute Gasteiger partial charge is 0.416 e. The molecule has 0 spiro atoms. The number of Topliss-reactive ketones (excluding diaryl/α,β-unsaturated/α-hetero) is 1. The van der Waals surface area contributed by atoms with Gasteiger partial charge in [-0.05, 0) is 71.5 Å². The molecule has 0 aromatic heterocycles. The molecule has 2 aliphatic rings. The molecule has 0 radical (unpaired) electrons. The van der Waals surface area contributed by atoms with Crippen molar-refractivity contribution in [3.05, 3.63) is 82.9 Å². The van der Waals surface area contributed by atoms with Gasteiger partial charge in [0.15, 0.2) is 11.5 Å². The van der Waals surface area contributed by atoms with Crippen LogP contribution in [-0.4, -0.2) is 18.5 Å². The second kappa shape index (κ2) is 7.90. The van der Waals surface area contributed by atoms with E-state index in [-0.39, 0.29) is 31.6 Å². The highest BCUT2D eigenvalue weighted by Crippen LogP contribution is 2.51. The van der Waals surface area contributed by atoms with E-state index in [2.05, 4.69) is 0 Å². The lowest BCUT2D eigenvalue weighted by Crippen LogP contribution is -2.22. The lowest BCUT2D eigenvalue weighted by Gasteiger charge is -2.17. The van der Waals surface area contributed by atoms with Crippen molar-refractivity contribution in [1.82, 2.24) is 0 Å². The zero-order valence-electron chi connectivity index (χ0n) is 17.9. The predicted octanol–water partition coefficient (Wildman–Crippen LogP) is 5.29. The van der Waals surface area contributed by atoms with Crippen LogP contribution in [-0.2, 0) is 22.8 Å². The largest absolute Gasteiger partial charge is 0.454 e. The molecule has 0 bridgehead atoms. The molecule has 176 valence electrons. The number of ether oxygens (including phenoxy) is 2. The Morgan fingerprint density at radius 2 is 1.62 bits per heavy atom. The third-order valence-electron chi connectivity index (χ3n) is 6.40. The summed E-state index contributed by atoms with van der Waals surface area (Å²) in [6.45, 7) is 0.118. The Morgan fingerprint density at radius 1 is 0.912 bits per heavy atom. The van der Waals surface area contributed by atoms with Gasteiger partial charge in [0.1, 0.15) is 5.78 Å². The van der Waals surface area contributed by atoms with Crippen LogP contribution < -0.4 is 15.2 Å². The molecule has 0 unspecified atom stereocenters. The number of amides is 1. The Bertz CT molecular complexity index is 1300. The van der Waals surface area contributed by atoms with Crippen LogP contribution in [0, 0.1) is 0 Å². The van der Waals surface area contributed by atoms with E-state index in [1.807, 2.05) is 6.07 Å². The van der Waals surface area contributed by atoms with Crippen molar-refractivity contribution in [2.75, 3.05) is 6.79 Å². The standard InChI is InChI=1S/C26H20F3NO4.H2/c27-26(28,29)20-10-15(9-18(12-20)16-1-3-17(4-2-16)24(30)32)11-23(31)25(7-8-25)19-5-6-21-22(13-19)34-14-33-21;/h1-6,9-10,12-13H,7-8,11,14H2,(H2,30,32);1H. The lowest BCUT2D eigenvalue weighted by molar-refractivity contribution is -0.137. The van der Waals surface area contributed by atoms with E-state index in [9.17, 15) is 22.8 Å². The van der Waals surface area contributed by atoms with Crippen LogP contribution in [0.4, 0.5) is 13.2 Å². The third kappa shape index (κ3) is 4.00. The van der Waals surface area contributed by atoms with Gasteiger partial charge in [0.25, 0.3) is 0 Å². The minimum absolute atomic E-state index is 0. The van der Waals surface area contributed by atoms with Crippen LogP contribution >= 0.6 is 0 Å². The summed E-state index contributed by atoms with van der Waals surface area (Å²) >= 11 is 0. The number of primary amides is 1. The van der Waals surface area contributed by atoms with Crippen LogP contribution in [0.15, 0.2) is 60.7 Å². The van der Waals surface area contributed by atoms with Crippen LogP contribution in [0.1, 0.15) is 41.3 Å². The van der Waals surface area contributed by atoms with Crippen molar-refractivity contribution in [2.45, 2.75) is 30.9 Å². The molecule has 0 atom stereocenters. The molecule has 34 heavy (non-hydrogen) atoms. The fraction of sp³-hybridized carbons (Fsp3) is 0.231. The zero-order valence-corrected chi connectivity index (χ0v) is 17.9. The van der Waals surface area contributed by atoms with Gasteiger partial charge in [0, 0.05) is 13.4 Å². The number of fused-ring (bicyclic) bond motifs is 1. The summed E-state index contributed by atoms with van der Waals surface area (Å²) in [5.41, 5.74) is 5.81. The van der Waals surface area contributed by atoms with E-state index in [1.165, 1.54) is 24.3 Å². The summed E-state index contributed by atoms with van der Waals surface area (Å²) in [6, 6.07) is 15.0. The molecule has 0 saturated heterocycles. The van der Waals surface area contributed by atoms with Gasteiger partial charge >= 0.3 is 6.18 Å². The highest BCUT2D eigenvalue weighted by atomic mass is 19.4. The Kier molecular flexibility index (Phi) is 5.11.